The Balaban J connectivity index is 4.49. The van der Waals surface area contributed by atoms with Crippen LogP contribution >= 0.6 is 42.4 Å². The molecule has 0 aromatic heterocycles. The van der Waals surface area contributed by atoms with Gasteiger partial charge in [0.25, 0.3) is 0 Å². The molecule has 0 amide bonds. The molecule has 0 aromatic carbocycles. The van der Waals surface area contributed by atoms with Crippen LogP contribution in [0.5, 0.6) is 0 Å². The van der Waals surface area contributed by atoms with Crippen molar-refractivity contribution in [3.05, 3.63) is 0 Å². The molecule has 3 N–H and O–H groups in total. The average Bonchev–Trinajstić information content (AvgIpc) is 1.84. The first-order valence-corrected chi connectivity index (χ1v) is 5.36. The molecule has 0 aromatic rings. The largest absolute Gasteiger partial charge is 0.378 e. The minimum atomic E-state index is -4.69. The van der Waals surface area contributed by atoms with Gasteiger partial charge in [-0.3, -0.25) is 4.57 Å². The summed E-state index contributed by atoms with van der Waals surface area (Å²) < 4.78 is 8.34. The van der Waals surface area contributed by atoms with E-state index < -0.39 is 23.7 Å². The molecule has 8 heteroatoms. The maximum atomic E-state index is 10.4. The Labute approximate surface area is 78.2 Å². The molecule has 0 heterocycles. The first-order valence-electron chi connectivity index (χ1n) is 2.39. The number of hydrogen-bond donors (Lipinski definition) is 3. The molecular formula is C3H6Cl3O4P. The minimum absolute atomic E-state index is 0.470. The smallest absolute Gasteiger partial charge is 0.356 e. The maximum Gasteiger partial charge on any atom is 0.356 e. The number of hydrogen-bond acceptors (Lipinski definition) is 2. The van der Waals surface area contributed by atoms with Crippen molar-refractivity contribution in [3.63, 3.8) is 0 Å². The van der Waals surface area contributed by atoms with Gasteiger partial charge >= 0.3 is 7.60 Å². The van der Waals surface area contributed by atoms with Gasteiger partial charge in [0.15, 0.2) is 10.2 Å². The predicted molar refractivity (Wildman–Crippen MR) is 43.2 cm³/mol. The lowest BCUT2D eigenvalue weighted by Crippen LogP contribution is -2.32. The number of aliphatic hydroxyl groups is 1. The minimum Gasteiger partial charge on any atom is -0.378 e. The molecule has 0 radical (unpaired) electrons. The third-order valence-corrected chi connectivity index (χ3v) is 3.63. The van der Waals surface area contributed by atoms with Crippen LogP contribution in [0.25, 0.3) is 0 Å². The summed E-state index contributed by atoms with van der Waals surface area (Å²) in [6.07, 6.45) is 0. The van der Waals surface area contributed by atoms with E-state index in [1.165, 1.54) is 0 Å². The van der Waals surface area contributed by atoms with Gasteiger partial charge < -0.3 is 14.9 Å². The lowest BCUT2D eigenvalue weighted by Gasteiger charge is -2.23. The van der Waals surface area contributed by atoms with E-state index in [-0.39, 0.29) is 0 Å². The van der Waals surface area contributed by atoms with Crippen LogP contribution in [0, 0.1) is 0 Å². The highest BCUT2D eigenvalue weighted by Crippen LogP contribution is 2.49. The highest BCUT2D eigenvalue weighted by molar-refractivity contribution is 7.52. The second kappa shape index (κ2) is 3.79. The Kier molecular flexibility index (Phi) is 4.13. The molecular weight excluding hydrogens is 237 g/mol. The van der Waals surface area contributed by atoms with Crippen LogP contribution in [0.4, 0.5) is 0 Å². The molecule has 0 spiro atoms. The van der Waals surface area contributed by atoms with Crippen LogP contribution in [-0.4, -0.2) is 31.0 Å². The molecule has 0 rings (SSSR count). The number of alkyl halides is 3. The van der Waals surface area contributed by atoms with Gasteiger partial charge in [0.1, 0.15) is 0 Å². The van der Waals surface area contributed by atoms with E-state index in [9.17, 15) is 4.57 Å². The number of halogens is 3. The Bertz CT molecular complexity index is 177. The summed E-state index contributed by atoms with van der Waals surface area (Å²) >= 11 is 15.6. The van der Waals surface area contributed by atoms with Crippen LogP contribution in [0.3, 0.4) is 0 Å². The van der Waals surface area contributed by atoms with Crippen molar-refractivity contribution in [2.24, 2.45) is 0 Å². The summed E-state index contributed by atoms with van der Waals surface area (Å²) in [5.41, 5.74) is 0. The van der Waals surface area contributed by atoms with Crippen molar-refractivity contribution in [1.29, 1.82) is 0 Å². The fraction of sp³-hybridized carbons (Fsp3) is 1.00. The van der Waals surface area contributed by atoms with Crippen LogP contribution < -0.4 is 0 Å². The zero-order valence-electron chi connectivity index (χ0n) is 5.12. The Morgan fingerprint density at radius 3 is 1.91 bits per heavy atom. The molecule has 68 valence electrons. The van der Waals surface area contributed by atoms with Crippen molar-refractivity contribution in [3.8, 4) is 0 Å². The number of rotatable bonds is 3. The summed E-state index contributed by atoms with van der Waals surface area (Å²) in [4.78, 5) is 16.8. The molecule has 0 aliphatic heterocycles. The molecule has 0 bridgehead atoms. The molecule has 0 saturated carbocycles. The van der Waals surface area contributed by atoms with E-state index in [1.54, 1.807) is 0 Å². The summed E-state index contributed by atoms with van der Waals surface area (Å²) in [5.74, 6) is -2.63. The zero-order valence-corrected chi connectivity index (χ0v) is 8.28. The van der Waals surface area contributed by atoms with Crippen molar-refractivity contribution in [2.75, 3.05) is 5.88 Å². The fourth-order valence-electron chi connectivity index (χ4n) is 0.315. The summed E-state index contributed by atoms with van der Waals surface area (Å²) in [6.45, 7) is 0. The lowest BCUT2D eigenvalue weighted by atomic mass is 10.5. The molecule has 1 unspecified atom stereocenters. The van der Waals surface area contributed by atoms with Gasteiger partial charge in [-0.25, -0.2) is 0 Å². The maximum absolute atomic E-state index is 10.4. The van der Waals surface area contributed by atoms with Gasteiger partial charge in [-0.2, -0.15) is 0 Å². The normalized spacial score (nSPS) is 16.5. The summed E-state index contributed by atoms with van der Waals surface area (Å²) in [7, 11) is -4.69. The summed E-state index contributed by atoms with van der Waals surface area (Å²) in [5, 5.41) is 8.80. The van der Waals surface area contributed by atoms with Crippen molar-refractivity contribution < 1.29 is 19.5 Å². The van der Waals surface area contributed by atoms with Crippen molar-refractivity contribution in [2.45, 2.75) is 10.2 Å². The molecule has 11 heavy (non-hydrogen) atoms. The predicted octanol–water partition coefficient (Wildman–Crippen LogP) is 0.895. The molecule has 0 aliphatic rings. The van der Waals surface area contributed by atoms with Crippen LogP contribution in [0.2, 0.25) is 0 Å². The van der Waals surface area contributed by atoms with E-state index in [2.05, 4.69) is 0 Å². The van der Waals surface area contributed by atoms with Crippen molar-refractivity contribution >= 4 is 42.4 Å². The topological polar surface area (TPSA) is 77.8 Å². The Morgan fingerprint density at radius 2 is 1.82 bits per heavy atom. The van der Waals surface area contributed by atoms with Crippen LogP contribution in [-0.2, 0) is 4.57 Å². The van der Waals surface area contributed by atoms with E-state index >= 15 is 0 Å². The second-order valence-corrected chi connectivity index (χ2v) is 5.33. The number of aliphatic hydroxyl groups excluding tert-OH is 1. The van der Waals surface area contributed by atoms with E-state index in [0.29, 0.717) is 0 Å². The van der Waals surface area contributed by atoms with E-state index in [1.807, 2.05) is 0 Å². The summed E-state index contributed by atoms with van der Waals surface area (Å²) in [6, 6.07) is 0. The fourth-order valence-corrected chi connectivity index (χ4v) is 1.91. The molecule has 1 atom stereocenters. The first-order chi connectivity index (χ1) is 4.72. The zero-order chi connectivity index (χ0) is 9.28. The van der Waals surface area contributed by atoms with E-state index in [0.717, 1.165) is 0 Å². The van der Waals surface area contributed by atoms with Crippen molar-refractivity contribution in [1.82, 2.24) is 0 Å². The van der Waals surface area contributed by atoms with Crippen LogP contribution in [0.15, 0.2) is 0 Å². The van der Waals surface area contributed by atoms with Gasteiger partial charge in [0.05, 0.1) is 5.88 Å². The standard InChI is InChI=1S/C3H6Cl3O4P/c4-1-3(5,6)2(7)11(8,9)10/h2,7H,1H2,(H2,8,9,10). The van der Waals surface area contributed by atoms with Gasteiger partial charge in [-0.05, 0) is 0 Å². The highest BCUT2D eigenvalue weighted by atomic mass is 35.5. The van der Waals surface area contributed by atoms with E-state index in [4.69, 9.17) is 49.7 Å². The van der Waals surface area contributed by atoms with Gasteiger partial charge in [0, 0.05) is 0 Å². The van der Waals surface area contributed by atoms with Gasteiger partial charge in [0.2, 0.25) is 0 Å². The molecule has 0 saturated heterocycles. The molecule has 0 fully saturated rings. The third kappa shape index (κ3) is 3.47. The Hall–Kier alpha value is 0.980. The SMILES string of the molecule is O=P(O)(O)C(O)C(Cl)(Cl)CCl. The molecule has 0 aliphatic carbocycles. The third-order valence-electron chi connectivity index (χ3n) is 0.875. The van der Waals surface area contributed by atoms with Gasteiger partial charge in [-0.15, -0.1) is 11.6 Å². The monoisotopic (exact) mass is 242 g/mol. The highest BCUT2D eigenvalue weighted by Gasteiger charge is 2.44. The average molecular weight is 243 g/mol. The second-order valence-electron chi connectivity index (χ2n) is 1.86. The quantitative estimate of drug-likeness (QED) is 0.508. The Morgan fingerprint density at radius 1 is 1.45 bits per heavy atom. The molecule has 4 nitrogen and oxygen atoms in total. The van der Waals surface area contributed by atoms with Gasteiger partial charge in [-0.1, -0.05) is 23.2 Å². The van der Waals surface area contributed by atoms with Crippen LogP contribution in [0.1, 0.15) is 0 Å². The first kappa shape index (κ1) is 12.0. The lowest BCUT2D eigenvalue weighted by molar-refractivity contribution is 0.192.